The van der Waals surface area contributed by atoms with Gasteiger partial charge in [-0.25, -0.2) is 0 Å². The van der Waals surface area contributed by atoms with Crippen LogP contribution in [-0.2, 0) is 11.2 Å². The second kappa shape index (κ2) is 7.14. The number of benzene rings is 1. The van der Waals surface area contributed by atoms with Crippen LogP contribution in [0.1, 0.15) is 31.7 Å². The molecule has 1 unspecified atom stereocenters. The van der Waals surface area contributed by atoms with Crippen molar-refractivity contribution in [1.82, 2.24) is 5.32 Å². The first-order valence-corrected chi connectivity index (χ1v) is 7.05. The number of hydrogen-bond acceptors (Lipinski definition) is 4. The van der Waals surface area contributed by atoms with Crippen LogP contribution < -0.4 is 20.5 Å². The molecule has 0 aromatic heterocycles. The summed E-state index contributed by atoms with van der Waals surface area (Å²) in [5.74, 6) is 1.43. The molecule has 2 rings (SSSR count). The van der Waals surface area contributed by atoms with Crippen LogP contribution in [0.3, 0.4) is 0 Å². The molecule has 1 aliphatic heterocycles. The molecule has 5 heteroatoms. The van der Waals surface area contributed by atoms with Crippen molar-refractivity contribution in [3.05, 3.63) is 23.8 Å². The van der Waals surface area contributed by atoms with Gasteiger partial charge in [0.15, 0.2) is 11.5 Å². The standard InChI is InChI=1S/C15H22N2O3/c1-11(17-8-2-3-15(16)18)4-5-12-6-7-13-14(9-12)20-10-19-13/h6-7,9,11,17H,2-5,8,10H2,1H3,(H2,16,18). The van der Waals surface area contributed by atoms with E-state index in [1.54, 1.807) is 0 Å². The Balaban J connectivity index is 1.68. The normalized spacial score (nSPS) is 14.2. The lowest BCUT2D eigenvalue weighted by atomic mass is 10.1. The van der Waals surface area contributed by atoms with Crippen LogP contribution in [-0.4, -0.2) is 25.3 Å². The number of aryl methyl sites for hydroxylation is 1. The molecule has 0 bridgehead atoms. The molecule has 0 aliphatic carbocycles. The van der Waals surface area contributed by atoms with Crippen molar-refractivity contribution in [1.29, 1.82) is 0 Å². The summed E-state index contributed by atoms with van der Waals surface area (Å²) < 4.78 is 10.7. The number of hydrogen-bond donors (Lipinski definition) is 2. The smallest absolute Gasteiger partial charge is 0.231 e. The topological polar surface area (TPSA) is 73.6 Å². The predicted molar refractivity (Wildman–Crippen MR) is 76.8 cm³/mol. The number of carbonyl (C=O) groups is 1. The van der Waals surface area contributed by atoms with Crippen LogP contribution in [0, 0.1) is 0 Å². The molecule has 1 aromatic rings. The average molecular weight is 278 g/mol. The molecule has 110 valence electrons. The number of ether oxygens (including phenoxy) is 2. The maximum Gasteiger partial charge on any atom is 0.231 e. The fourth-order valence-electron chi connectivity index (χ4n) is 2.19. The van der Waals surface area contributed by atoms with Gasteiger partial charge in [-0.15, -0.1) is 0 Å². The molecular weight excluding hydrogens is 256 g/mol. The van der Waals surface area contributed by atoms with E-state index in [0.717, 1.165) is 37.3 Å². The monoisotopic (exact) mass is 278 g/mol. The summed E-state index contributed by atoms with van der Waals surface area (Å²) in [6.45, 7) is 3.29. The van der Waals surface area contributed by atoms with Crippen molar-refractivity contribution >= 4 is 5.91 Å². The van der Waals surface area contributed by atoms with E-state index in [0.29, 0.717) is 19.3 Å². The number of primary amides is 1. The maximum absolute atomic E-state index is 10.6. The van der Waals surface area contributed by atoms with Crippen molar-refractivity contribution in [2.75, 3.05) is 13.3 Å². The van der Waals surface area contributed by atoms with Crippen LogP contribution >= 0.6 is 0 Å². The van der Waals surface area contributed by atoms with Gasteiger partial charge in [0.1, 0.15) is 0 Å². The molecule has 5 nitrogen and oxygen atoms in total. The number of rotatable bonds is 8. The van der Waals surface area contributed by atoms with Crippen LogP contribution in [0.25, 0.3) is 0 Å². The van der Waals surface area contributed by atoms with Crippen molar-refractivity contribution < 1.29 is 14.3 Å². The molecule has 0 spiro atoms. The molecule has 1 atom stereocenters. The average Bonchev–Trinajstić information content (AvgIpc) is 2.88. The highest BCUT2D eigenvalue weighted by Gasteiger charge is 2.13. The zero-order valence-corrected chi connectivity index (χ0v) is 11.9. The molecule has 20 heavy (non-hydrogen) atoms. The summed E-state index contributed by atoms with van der Waals surface area (Å²) in [5, 5.41) is 3.40. The van der Waals surface area contributed by atoms with E-state index in [1.165, 1.54) is 5.56 Å². The van der Waals surface area contributed by atoms with E-state index < -0.39 is 0 Å². The Morgan fingerprint density at radius 2 is 2.20 bits per heavy atom. The fourth-order valence-corrected chi connectivity index (χ4v) is 2.19. The Hall–Kier alpha value is -1.75. The Bertz CT molecular complexity index is 462. The van der Waals surface area contributed by atoms with E-state index in [-0.39, 0.29) is 5.91 Å². The van der Waals surface area contributed by atoms with Gasteiger partial charge in [-0.3, -0.25) is 4.79 Å². The Labute approximate surface area is 119 Å². The van der Waals surface area contributed by atoms with Crippen molar-refractivity contribution in [2.24, 2.45) is 5.73 Å². The number of fused-ring (bicyclic) bond motifs is 1. The predicted octanol–water partition coefficient (Wildman–Crippen LogP) is 1.59. The molecule has 1 aromatic carbocycles. The van der Waals surface area contributed by atoms with Crippen molar-refractivity contribution in [2.45, 2.75) is 38.6 Å². The molecule has 1 heterocycles. The van der Waals surface area contributed by atoms with E-state index >= 15 is 0 Å². The summed E-state index contributed by atoms with van der Waals surface area (Å²) in [5.41, 5.74) is 6.35. The third-order valence-electron chi connectivity index (χ3n) is 3.40. The first-order valence-electron chi connectivity index (χ1n) is 7.05. The SMILES string of the molecule is CC(CCc1ccc2c(c1)OCO2)NCCCC(N)=O. The van der Waals surface area contributed by atoms with Gasteiger partial charge in [0.2, 0.25) is 12.7 Å². The first-order chi connectivity index (χ1) is 9.65. The molecule has 3 N–H and O–H groups in total. The summed E-state index contributed by atoms with van der Waals surface area (Å²) in [7, 11) is 0. The lowest BCUT2D eigenvalue weighted by Gasteiger charge is -2.13. The Kier molecular flexibility index (Phi) is 5.24. The van der Waals surface area contributed by atoms with Crippen LogP contribution in [0.2, 0.25) is 0 Å². The molecule has 0 fully saturated rings. The van der Waals surface area contributed by atoms with Gasteiger partial charge in [-0.05, 0) is 50.4 Å². The molecular formula is C15H22N2O3. The summed E-state index contributed by atoms with van der Waals surface area (Å²) in [6, 6.07) is 6.49. The van der Waals surface area contributed by atoms with E-state index in [1.807, 2.05) is 12.1 Å². The molecule has 0 saturated heterocycles. The van der Waals surface area contributed by atoms with Gasteiger partial charge >= 0.3 is 0 Å². The highest BCUT2D eigenvalue weighted by Crippen LogP contribution is 2.32. The van der Waals surface area contributed by atoms with Gasteiger partial charge in [0.25, 0.3) is 0 Å². The number of nitrogens with two attached hydrogens (primary N) is 1. The minimum absolute atomic E-state index is 0.236. The summed E-state index contributed by atoms with van der Waals surface area (Å²) >= 11 is 0. The fraction of sp³-hybridized carbons (Fsp3) is 0.533. The third kappa shape index (κ3) is 4.42. The van der Waals surface area contributed by atoms with Crippen LogP contribution in [0.4, 0.5) is 0 Å². The van der Waals surface area contributed by atoms with Gasteiger partial charge in [0, 0.05) is 12.5 Å². The van der Waals surface area contributed by atoms with E-state index in [9.17, 15) is 4.79 Å². The zero-order chi connectivity index (χ0) is 14.4. The minimum atomic E-state index is -0.236. The number of amides is 1. The van der Waals surface area contributed by atoms with Gasteiger partial charge in [-0.1, -0.05) is 6.07 Å². The summed E-state index contributed by atoms with van der Waals surface area (Å²) in [6.07, 6.45) is 3.27. The zero-order valence-electron chi connectivity index (χ0n) is 11.9. The Morgan fingerprint density at radius 1 is 1.40 bits per heavy atom. The second-order valence-electron chi connectivity index (χ2n) is 5.15. The van der Waals surface area contributed by atoms with Gasteiger partial charge in [-0.2, -0.15) is 0 Å². The molecule has 1 amide bonds. The molecule has 0 radical (unpaired) electrons. The number of nitrogens with one attached hydrogen (secondary N) is 1. The maximum atomic E-state index is 10.6. The van der Waals surface area contributed by atoms with E-state index in [4.69, 9.17) is 15.2 Å². The largest absolute Gasteiger partial charge is 0.454 e. The Morgan fingerprint density at radius 3 is 3.00 bits per heavy atom. The first kappa shape index (κ1) is 14.7. The molecule has 1 aliphatic rings. The van der Waals surface area contributed by atoms with Crippen LogP contribution in [0.15, 0.2) is 18.2 Å². The summed E-state index contributed by atoms with van der Waals surface area (Å²) in [4.78, 5) is 10.6. The van der Waals surface area contributed by atoms with Crippen molar-refractivity contribution in [3.8, 4) is 11.5 Å². The minimum Gasteiger partial charge on any atom is -0.454 e. The second-order valence-corrected chi connectivity index (χ2v) is 5.15. The van der Waals surface area contributed by atoms with Gasteiger partial charge in [0.05, 0.1) is 0 Å². The quantitative estimate of drug-likeness (QED) is 0.708. The third-order valence-corrected chi connectivity index (χ3v) is 3.40. The van der Waals surface area contributed by atoms with Gasteiger partial charge < -0.3 is 20.5 Å². The lowest BCUT2D eigenvalue weighted by molar-refractivity contribution is -0.118. The van der Waals surface area contributed by atoms with Crippen LogP contribution in [0.5, 0.6) is 11.5 Å². The number of carbonyl (C=O) groups excluding carboxylic acids is 1. The highest BCUT2D eigenvalue weighted by molar-refractivity contribution is 5.73. The van der Waals surface area contributed by atoms with Crippen molar-refractivity contribution in [3.63, 3.8) is 0 Å². The van der Waals surface area contributed by atoms with E-state index in [2.05, 4.69) is 18.3 Å². The lowest BCUT2D eigenvalue weighted by Crippen LogP contribution is -2.28. The molecule has 0 saturated carbocycles. The highest BCUT2D eigenvalue weighted by atomic mass is 16.7.